The van der Waals surface area contributed by atoms with Crippen molar-refractivity contribution in [3.05, 3.63) is 23.6 Å². The van der Waals surface area contributed by atoms with Gasteiger partial charge in [0.1, 0.15) is 11.6 Å². The average Bonchev–Trinajstić information content (AvgIpc) is 2.45. The van der Waals surface area contributed by atoms with Crippen LogP contribution in [0.2, 0.25) is 0 Å². The number of halogens is 1. The van der Waals surface area contributed by atoms with Crippen LogP contribution in [-0.4, -0.2) is 23.6 Å². The summed E-state index contributed by atoms with van der Waals surface area (Å²) in [5.74, 6) is 1.52. The van der Waals surface area contributed by atoms with Crippen LogP contribution in [0.5, 0.6) is 0 Å². The summed E-state index contributed by atoms with van der Waals surface area (Å²) in [6.45, 7) is 11.3. The molecule has 0 radical (unpaired) electrons. The van der Waals surface area contributed by atoms with Crippen LogP contribution in [-0.2, 0) is 6.54 Å². The summed E-state index contributed by atoms with van der Waals surface area (Å²) in [5, 5.41) is 3.43. The molecule has 4 heteroatoms. The lowest BCUT2D eigenvalue weighted by Gasteiger charge is -2.34. The van der Waals surface area contributed by atoms with Gasteiger partial charge in [0, 0.05) is 30.7 Å². The smallest absolute Gasteiger partial charge is 0.141 e. The summed E-state index contributed by atoms with van der Waals surface area (Å²) >= 11 is 0. The Hall–Kier alpha value is -1.16. The van der Waals surface area contributed by atoms with E-state index in [1.165, 1.54) is 25.5 Å². The molecule has 2 heterocycles. The van der Waals surface area contributed by atoms with E-state index in [0.717, 1.165) is 30.4 Å². The summed E-state index contributed by atoms with van der Waals surface area (Å²) in [7, 11) is 0. The molecule has 1 fully saturated rings. The molecule has 21 heavy (non-hydrogen) atoms. The maximum atomic E-state index is 13.5. The lowest BCUT2D eigenvalue weighted by molar-refractivity contribution is 0.391. The van der Waals surface area contributed by atoms with Crippen LogP contribution in [0, 0.1) is 11.7 Å². The Morgan fingerprint density at radius 2 is 2.00 bits per heavy atom. The van der Waals surface area contributed by atoms with Gasteiger partial charge >= 0.3 is 0 Å². The number of nitrogens with zero attached hydrogens (tertiary/aromatic N) is 2. The van der Waals surface area contributed by atoms with Crippen molar-refractivity contribution in [3.8, 4) is 0 Å². The molecule has 1 N–H and O–H groups in total. The van der Waals surface area contributed by atoms with Crippen molar-refractivity contribution in [1.29, 1.82) is 0 Å². The minimum absolute atomic E-state index is 0.0127. The molecule has 0 aromatic carbocycles. The minimum atomic E-state index is -0.257. The fraction of sp³-hybridized carbons (Fsp3) is 0.706. The number of hydrogen-bond acceptors (Lipinski definition) is 3. The Labute approximate surface area is 127 Å². The maximum Gasteiger partial charge on any atom is 0.141 e. The molecule has 0 aliphatic carbocycles. The molecule has 1 aromatic heterocycles. The van der Waals surface area contributed by atoms with Gasteiger partial charge in [-0.3, -0.25) is 0 Å². The normalized spacial score (nSPS) is 17.3. The first kappa shape index (κ1) is 16.2. The molecule has 118 valence electrons. The SMILES string of the molecule is CCC1CCN(c2ncc(F)cc2CNC(C)(C)C)CC1. The number of anilines is 1. The lowest BCUT2D eigenvalue weighted by atomic mass is 9.94. The number of aromatic nitrogens is 1. The average molecular weight is 293 g/mol. The number of piperidine rings is 1. The zero-order valence-electron chi connectivity index (χ0n) is 13.7. The third-order valence-electron chi connectivity index (χ3n) is 4.21. The molecule has 2 rings (SSSR count). The molecular formula is C17H28FN3. The summed E-state index contributed by atoms with van der Waals surface area (Å²) in [5.41, 5.74) is 0.971. The molecule has 0 atom stereocenters. The van der Waals surface area contributed by atoms with Gasteiger partial charge in [-0.05, 0) is 45.6 Å². The number of hydrogen-bond donors (Lipinski definition) is 1. The minimum Gasteiger partial charge on any atom is -0.356 e. The van der Waals surface area contributed by atoms with E-state index in [2.05, 4.69) is 42.9 Å². The van der Waals surface area contributed by atoms with E-state index in [9.17, 15) is 4.39 Å². The Kier molecular flexibility index (Phi) is 5.20. The van der Waals surface area contributed by atoms with E-state index in [0.29, 0.717) is 6.54 Å². The van der Waals surface area contributed by atoms with Crippen molar-refractivity contribution in [2.24, 2.45) is 5.92 Å². The van der Waals surface area contributed by atoms with Crippen molar-refractivity contribution in [2.45, 2.75) is 59.0 Å². The highest BCUT2D eigenvalue weighted by Gasteiger charge is 2.21. The van der Waals surface area contributed by atoms with Crippen molar-refractivity contribution >= 4 is 5.82 Å². The topological polar surface area (TPSA) is 28.2 Å². The molecule has 1 saturated heterocycles. The maximum absolute atomic E-state index is 13.5. The van der Waals surface area contributed by atoms with Crippen LogP contribution in [0.15, 0.2) is 12.3 Å². The van der Waals surface area contributed by atoms with Gasteiger partial charge in [-0.25, -0.2) is 9.37 Å². The third kappa shape index (κ3) is 4.67. The van der Waals surface area contributed by atoms with Crippen LogP contribution in [0.25, 0.3) is 0 Å². The van der Waals surface area contributed by atoms with Gasteiger partial charge in [0.05, 0.1) is 6.20 Å². The van der Waals surface area contributed by atoms with E-state index in [1.807, 2.05) is 0 Å². The molecular weight excluding hydrogens is 265 g/mol. The van der Waals surface area contributed by atoms with Crippen molar-refractivity contribution in [1.82, 2.24) is 10.3 Å². The summed E-state index contributed by atoms with van der Waals surface area (Å²) in [4.78, 5) is 6.68. The molecule has 0 spiro atoms. The molecule has 1 aromatic rings. The first-order valence-corrected chi connectivity index (χ1v) is 8.03. The van der Waals surface area contributed by atoms with Crippen LogP contribution in [0.1, 0.15) is 52.5 Å². The van der Waals surface area contributed by atoms with E-state index >= 15 is 0 Å². The summed E-state index contributed by atoms with van der Waals surface area (Å²) in [6, 6.07) is 1.62. The van der Waals surface area contributed by atoms with Crippen LogP contribution >= 0.6 is 0 Å². The number of pyridine rings is 1. The van der Waals surface area contributed by atoms with Gasteiger partial charge in [-0.2, -0.15) is 0 Å². The summed E-state index contributed by atoms with van der Waals surface area (Å²) in [6.07, 6.45) is 5.01. The van der Waals surface area contributed by atoms with Crippen molar-refractivity contribution in [3.63, 3.8) is 0 Å². The monoisotopic (exact) mass is 293 g/mol. The van der Waals surface area contributed by atoms with Crippen molar-refractivity contribution < 1.29 is 4.39 Å². The van der Waals surface area contributed by atoms with Gasteiger partial charge in [0.15, 0.2) is 0 Å². The van der Waals surface area contributed by atoms with Gasteiger partial charge in [0.25, 0.3) is 0 Å². The van der Waals surface area contributed by atoms with Gasteiger partial charge in [-0.1, -0.05) is 13.3 Å². The van der Waals surface area contributed by atoms with Gasteiger partial charge in [0.2, 0.25) is 0 Å². The fourth-order valence-corrected chi connectivity index (χ4v) is 2.80. The molecule has 1 aliphatic heterocycles. The highest BCUT2D eigenvalue weighted by atomic mass is 19.1. The molecule has 3 nitrogen and oxygen atoms in total. The van der Waals surface area contributed by atoms with Crippen molar-refractivity contribution in [2.75, 3.05) is 18.0 Å². The Bertz CT molecular complexity index is 460. The van der Waals surface area contributed by atoms with Crippen LogP contribution in [0.3, 0.4) is 0 Å². The highest BCUT2D eigenvalue weighted by molar-refractivity contribution is 5.47. The first-order chi connectivity index (χ1) is 9.89. The highest BCUT2D eigenvalue weighted by Crippen LogP contribution is 2.26. The van der Waals surface area contributed by atoms with Gasteiger partial charge in [-0.15, -0.1) is 0 Å². The van der Waals surface area contributed by atoms with Crippen LogP contribution < -0.4 is 10.2 Å². The first-order valence-electron chi connectivity index (χ1n) is 8.03. The zero-order valence-corrected chi connectivity index (χ0v) is 13.7. The Morgan fingerprint density at radius 3 is 2.57 bits per heavy atom. The zero-order chi connectivity index (χ0) is 15.5. The Morgan fingerprint density at radius 1 is 1.33 bits per heavy atom. The largest absolute Gasteiger partial charge is 0.356 e. The van der Waals surface area contributed by atoms with E-state index in [1.54, 1.807) is 6.07 Å². The fourth-order valence-electron chi connectivity index (χ4n) is 2.80. The predicted octanol–water partition coefficient (Wildman–Crippen LogP) is 3.74. The molecule has 0 unspecified atom stereocenters. The molecule has 0 bridgehead atoms. The molecule has 1 aliphatic rings. The number of rotatable bonds is 4. The second-order valence-corrected chi connectivity index (χ2v) is 7.08. The quantitative estimate of drug-likeness (QED) is 0.916. The van der Waals surface area contributed by atoms with Crippen LogP contribution in [0.4, 0.5) is 10.2 Å². The standard InChI is InChI=1S/C17H28FN3/c1-5-13-6-8-21(9-7-13)16-14(10-15(18)12-19-16)11-20-17(2,3)4/h10,12-13,20H,5-9,11H2,1-4H3. The Balaban J connectivity index is 2.11. The number of nitrogens with one attached hydrogen (secondary N) is 1. The summed E-state index contributed by atoms with van der Waals surface area (Å²) < 4.78 is 13.5. The predicted molar refractivity (Wildman–Crippen MR) is 86.0 cm³/mol. The van der Waals surface area contributed by atoms with E-state index in [4.69, 9.17) is 0 Å². The second kappa shape index (κ2) is 6.73. The third-order valence-corrected chi connectivity index (χ3v) is 4.21. The molecule has 0 amide bonds. The van der Waals surface area contributed by atoms with Gasteiger partial charge < -0.3 is 10.2 Å². The van der Waals surface area contributed by atoms with E-state index < -0.39 is 0 Å². The lowest BCUT2D eigenvalue weighted by Crippen LogP contribution is -2.38. The molecule has 0 saturated carbocycles. The van der Waals surface area contributed by atoms with E-state index in [-0.39, 0.29) is 11.4 Å². The second-order valence-electron chi connectivity index (χ2n) is 7.08.